The number of aromatic nitrogens is 1. The van der Waals surface area contributed by atoms with E-state index in [0.717, 1.165) is 18.4 Å². The smallest absolute Gasteiger partial charge is 0.126 e. The zero-order valence-corrected chi connectivity index (χ0v) is 9.51. The lowest BCUT2D eigenvalue weighted by atomic mass is 9.76. The topological polar surface area (TPSA) is 17.0 Å². The Morgan fingerprint density at radius 3 is 2.47 bits per heavy atom. The summed E-state index contributed by atoms with van der Waals surface area (Å²) >= 11 is 0. The van der Waals surface area contributed by atoms with Crippen molar-refractivity contribution < 1.29 is 4.39 Å². The largest absolute Gasteiger partial charge is 0.323 e. The normalized spacial score (nSPS) is 23.1. The van der Waals surface area contributed by atoms with Crippen molar-refractivity contribution in [3.63, 3.8) is 0 Å². The van der Waals surface area contributed by atoms with E-state index >= 15 is 0 Å². The molecule has 1 aromatic heterocycles. The van der Waals surface area contributed by atoms with Crippen LogP contribution in [0.4, 0.5) is 4.39 Å². The van der Waals surface area contributed by atoms with Crippen LogP contribution in [-0.2, 0) is 0 Å². The third-order valence-corrected chi connectivity index (χ3v) is 3.42. The van der Waals surface area contributed by atoms with Gasteiger partial charge in [0.25, 0.3) is 0 Å². The predicted octanol–water partition coefficient (Wildman–Crippen LogP) is 3.12. The lowest BCUT2D eigenvalue weighted by Gasteiger charge is -2.37. The summed E-state index contributed by atoms with van der Waals surface area (Å²) in [4.78, 5) is 0. The number of hydrogen-bond donors (Lipinski definition) is 1. The van der Waals surface area contributed by atoms with Crippen molar-refractivity contribution in [3.05, 3.63) is 60.2 Å². The van der Waals surface area contributed by atoms with Crippen molar-refractivity contribution in [1.82, 2.24) is 4.68 Å². The second kappa shape index (κ2) is 4.24. The maximum atomic E-state index is 13.5. The van der Waals surface area contributed by atoms with Crippen LogP contribution in [0, 0.1) is 5.82 Å². The molecule has 0 unspecified atom stereocenters. The highest BCUT2D eigenvalue weighted by Crippen LogP contribution is 2.38. The SMILES string of the molecule is Fc1ccccc1C1CC(Nn2cccc2)C1. The zero-order chi connectivity index (χ0) is 11.7. The van der Waals surface area contributed by atoms with E-state index in [1.54, 1.807) is 12.1 Å². The van der Waals surface area contributed by atoms with Gasteiger partial charge in [-0.25, -0.2) is 4.39 Å². The molecule has 1 aromatic carbocycles. The van der Waals surface area contributed by atoms with E-state index in [4.69, 9.17) is 0 Å². The molecule has 3 heteroatoms. The van der Waals surface area contributed by atoms with Crippen LogP contribution in [0.5, 0.6) is 0 Å². The van der Waals surface area contributed by atoms with Crippen LogP contribution in [-0.4, -0.2) is 10.7 Å². The van der Waals surface area contributed by atoms with E-state index in [2.05, 4.69) is 5.43 Å². The quantitative estimate of drug-likeness (QED) is 0.857. The predicted molar refractivity (Wildman–Crippen MR) is 66.0 cm³/mol. The van der Waals surface area contributed by atoms with E-state index in [1.165, 1.54) is 0 Å². The molecule has 0 saturated heterocycles. The standard InChI is InChI=1S/C14H15FN2/c15-14-6-2-1-5-13(14)11-9-12(10-11)16-17-7-3-4-8-17/h1-8,11-12,16H,9-10H2. The third kappa shape index (κ3) is 2.05. The Morgan fingerprint density at radius 2 is 1.76 bits per heavy atom. The summed E-state index contributed by atoms with van der Waals surface area (Å²) in [6.07, 6.45) is 5.96. The minimum absolute atomic E-state index is 0.0723. The van der Waals surface area contributed by atoms with Gasteiger partial charge in [-0.3, -0.25) is 4.68 Å². The van der Waals surface area contributed by atoms with E-state index in [1.807, 2.05) is 41.3 Å². The molecule has 2 aromatic rings. The highest BCUT2D eigenvalue weighted by Gasteiger charge is 2.31. The van der Waals surface area contributed by atoms with Gasteiger partial charge in [0.15, 0.2) is 0 Å². The second-order valence-corrected chi connectivity index (χ2v) is 4.61. The highest BCUT2D eigenvalue weighted by atomic mass is 19.1. The summed E-state index contributed by atoms with van der Waals surface area (Å²) in [6, 6.07) is 11.5. The first-order chi connectivity index (χ1) is 8.33. The van der Waals surface area contributed by atoms with Crippen molar-refractivity contribution >= 4 is 0 Å². The van der Waals surface area contributed by atoms with Crippen LogP contribution < -0.4 is 5.43 Å². The Balaban J connectivity index is 1.60. The van der Waals surface area contributed by atoms with Crippen LogP contribution >= 0.6 is 0 Å². The van der Waals surface area contributed by atoms with Crippen LogP contribution in [0.25, 0.3) is 0 Å². The summed E-state index contributed by atoms with van der Waals surface area (Å²) in [5.74, 6) is 0.293. The first-order valence-electron chi connectivity index (χ1n) is 5.97. The molecule has 0 aliphatic heterocycles. The van der Waals surface area contributed by atoms with Gasteiger partial charge in [0.2, 0.25) is 0 Å². The van der Waals surface area contributed by atoms with Crippen LogP contribution in [0.1, 0.15) is 24.3 Å². The molecular weight excluding hydrogens is 215 g/mol. The molecule has 0 spiro atoms. The summed E-state index contributed by atoms with van der Waals surface area (Å²) < 4.78 is 15.5. The number of nitrogens with zero attached hydrogens (tertiary/aromatic N) is 1. The molecule has 1 saturated carbocycles. The lowest BCUT2D eigenvalue weighted by Crippen LogP contribution is -2.38. The molecule has 0 bridgehead atoms. The molecule has 0 atom stereocenters. The summed E-state index contributed by atoms with van der Waals surface area (Å²) in [6.45, 7) is 0. The van der Waals surface area contributed by atoms with Crippen LogP contribution in [0.15, 0.2) is 48.8 Å². The number of halogens is 1. The van der Waals surface area contributed by atoms with Gasteiger partial charge in [-0.2, -0.15) is 0 Å². The Labute approximate surface area is 100 Å². The molecule has 1 aliphatic rings. The monoisotopic (exact) mass is 230 g/mol. The van der Waals surface area contributed by atoms with E-state index < -0.39 is 0 Å². The Morgan fingerprint density at radius 1 is 1.06 bits per heavy atom. The fourth-order valence-corrected chi connectivity index (χ4v) is 2.41. The third-order valence-electron chi connectivity index (χ3n) is 3.42. The zero-order valence-electron chi connectivity index (χ0n) is 9.51. The van der Waals surface area contributed by atoms with Gasteiger partial charge >= 0.3 is 0 Å². The first kappa shape index (κ1) is 10.4. The Bertz CT molecular complexity index is 487. The molecule has 1 heterocycles. The summed E-state index contributed by atoms with van der Waals surface area (Å²) in [7, 11) is 0. The van der Waals surface area contributed by atoms with E-state index in [-0.39, 0.29) is 5.82 Å². The van der Waals surface area contributed by atoms with Gasteiger partial charge in [-0.15, -0.1) is 0 Å². The fourth-order valence-electron chi connectivity index (χ4n) is 2.41. The number of benzene rings is 1. The molecule has 0 radical (unpaired) electrons. The average Bonchev–Trinajstić information content (AvgIpc) is 2.77. The van der Waals surface area contributed by atoms with Gasteiger partial charge in [0.1, 0.15) is 5.82 Å². The molecule has 1 aliphatic carbocycles. The number of hydrogen-bond acceptors (Lipinski definition) is 1. The highest BCUT2D eigenvalue weighted by molar-refractivity contribution is 5.25. The molecule has 17 heavy (non-hydrogen) atoms. The first-order valence-corrected chi connectivity index (χ1v) is 5.97. The van der Waals surface area contributed by atoms with Gasteiger partial charge < -0.3 is 5.43 Å². The summed E-state index contributed by atoms with van der Waals surface area (Å²) in [5, 5.41) is 0. The van der Waals surface area contributed by atoms with Gasteiger partial charge in [-0.05, 0) is 42.5 Å². The Hall–Kier alpha value is -1.77. The molecule has 1 fully saturated rings. The van der Waals surface area contributed by atoms with Gasteiger partial charge in [-0.1, -0.05) is 18.2 Å². The number of nitrogens with one attached hydrogen (secondary N) is 1. The van der Waals surface area contributed by atoms with Crippen molar-refractivity contribution in [3.8, 4) is 0 Å². The minimum atomic E-state index is -0.0723. The van der Waals surface area contributed by atoms with Gasteiger partial charge in [0.05, 0.1) is 0 Å². The van der Waals surface area contributed by atoms with E-state index in [0.29, 0.717) is 12.0 Å². The van der Waals surface area contributed by atoms with Crippen molar-refractivity contribution in [2.75, 3.05) is 5.43 Å². The molecule has 3 rings (SSSR count). The van der Waals surface area contributed by atoms with E-state index in [9.17, 15) is 4.39 Å². The lowest BCUT2D eigenvalue weighted by molar-refractivity contribution is 0.343. The summed E-state index contributed by atoms with van der Waals surface area (Å²) in [5.41, 5.74) is 4.23. The number of rotatable bonds is 3. The maximum absolute atomic E-state index is 13.5. The molecule has 0 amide bonds. The van der Waals surface area contributed by atoms with Gasteiger partial charge in [0, 0.05) is 18.4 Å². The Kier molecular flexibility index (Phi) is 2.59. The van der Waals surface area contributed by atoms with Crippen LogP contribution in [0.2, 0.25) is 0 Å². The molecule has 1 N–H and O–H groups in total. The van der Waals surface area contributed by atoms with Crippen molar-refractivity contribution in [2.45, 2.75) is 24.8 Å². The second-order valence-electron chi connectivity index (χ2n) is 4.61. The molecular formula is C14H15FN2. The molecule has 88 valence electrons. The average molecular weight is 230 g/mol. The minimum Gasteiger partial charge on any atom is -0.323 e. The van der Waals surface area contributed by atoms with Crippen molar-refractivity contribution in [2.24, 2.45) is 0 Å². The maximum Gasteiger partial charge on any atom is 0.126 e. The molecule has 2 nitrogen and oxygen atoms in total. The van der Waals surface area contributed by atoms with Crippen molar-refractivity contribution in [1.29, 1.82) is 0 Å². The fraction of sp³-hybridized carbons (Fsp3) is 0.286. The van der Waals surface area contributed by atoms with Crippen LogP contribution in [0.3, 0.4) is 0 Å².